The fourth-order valence-corrected chi connectivity index (χ4v) is 1.92. The van der Waals surface area contributed by atoms with Gasteiger partial charge < -0.3 is 15.4 Å². The Labute approximate surface area is 122 Å². The average Bonchev–Trinajstić information content (AvgIpc) is 3.24. The van der Waals surface area contributed by atoms with Crippen LogP contribution in [0.15, 0.2) is 33.7 Å². The number of hydrogen-bond acceptors (Lipinski definition) is 2. The molecule has 1 saturated carbocycles. The van der Waals surface area contributed by atoms with Gasteiger partial charge in [0, 0.05) is 18.1 Å². The fourth-order valence-electron chi connectivity index (χ4n) is 1.65. The summed E-state index contributed by atoms with van der Waals surface area (Å²) in [7, 11) is 1.79. The molecule has 19 heavy (non-hydrogen) atoms. The second-order valence-electron chi connectivity index (χ2n) is 4.63. The first-order valence-electron chi connectivity index (χ1n) is 6.61. The summed E-state index contributed by atoms with van der Waals surface area (Å²) in [5.41, 5.74) is 0. The van der Waals surface area contributed by atoms with Gasteiger partial charge in [-0.3, -0.25) is 4.99 Å². The number of ether oxygens (including phenoxy) is 1. The van der Waals surface area contributed by atoms with Gasteiger partial charge in [0.1, 0.15) is 12.4 Å². The van der Waals surface area contributed by atoms with Gasteiger partial charge in [0.05, 0.1) is 6.54 Å². The lowest BCUT2D eigenvalue weighted by molar-refractivity contribution is 0.322. The SMILES string of the molecule is CN=C(NCCOc1ccc(Br)cc1)NCC1CC1. The van der Waals surface area contributed by atoms with Crippen molar-refractivity contribution in [3.63, 3.8) is 0 Å². The van der Waals surface area contributed by atoms with Gasteiger partial charge in [0.25, 0.3) is 0 Å². The summed E-state index contributed by atoms with van der Waals surface area (Å²) >= 11 is 3.40. The summed E-state index contributed by atoms with van der Waals surface area (Å²) in [4.78, 5) is 4.18. The van der Waals surface area contributed by atoms with E-state index in [0.717, 1.165) is 35.2 Å². The molecule has 1 aromatic carbocycles. The molecule has 1 aromatic rings. The Morgan fingerprint density at radius 3 is 2.68 bits per heavy atom. The summed E-state index contributed by atoms with van der Waals surface area (Å²) in [6, 6.07) is 7.84. The van der Waals surface area contributed by atoms with Crippen LogP contribution >= 0.6 is 15.9 Å². The lowest BCUT2D eigenvalue weighted by atomic mass is 10.3. The molecule has 2 N–H and O–H groups in total. The van der Waals surface area contributed by atoms with Gasteiger partial charge in [-0.2, -0.15) is 0 Å². The minimum atomic E-state index is 0.617. The number of halogens is 1. The van der Waals surface area contributed by atoms with E-state index in [1.165, 1.54) is 12.8 Å². The van der Waals surface area contributed by atoms with Crippen LogP contribution in [0.4, 0.5) is 0 Å². The van der Waals surface area contributed by atoms with Gasteiger partial charge >= 0.3 is 0 Å². The van der Waals surface area contributed by atoms with Crippen molar-refractivity contribution in [3.8, 4) is 5.75 Å². The van der Waals surface area contributed by atoms with Crippen molar-refractivity contribution < 1.29 is 4.74 Å². The monoisotopic (exact) mass is 325 g/mol. The van der Waals surface area contributed by atoms with Crippen LogP contribution in [0.5, 0.6) is 5.75 Å². The first-order valence-corrected chi connectivity index (χ1v) is 7.40. The van der Waals surface area contributed by atoms with E-state index in [1.807, 2.05) is 24.3 Å². The molecule has 0 heterocycles. The summed E-state index contributed by atoms with van der Waals surface area (Å²) in [5.74, 6) is 2.58. The van der Waals surface area contributed by atoms with Crippen LogP contribution in [0, 0.1) is 5.92 Å². The summed E-state index contributed by atoms with van der Waals surface area (Å²) < 4.78 is 6.69. The molecule has 0 spiro atoms. The quantitative estimate of drug-likeness (QED) is 0.479. The lowest BCUT2D eigenvalue weighted by Crippen LogP contribution is -2.40. The third-order valence-corrected chi connectivity index (χ3v) is 3.48. The Hall–Kier alpha value is -1.23. The first kappa shape index (κ1) is 14.2. The first-order chi connectivity index (χ1) is 9.28. The van der Waals surface area contributed by atoms with Crippen molar-refractivity contribution in [1.82, 2.24) is 10.6 Å². The third-order valence-electron chi connectivity index (χ3n) is 2.96. The molecule has 0 aliphatic heterocycles. The molecule has 0 aromatic heterocycles. The Bertz CT molecular complexity index is 415. The van der Waals surface area contributed by atoms with E-state index in [0.29, 0.717) is 6.61 Å². The molecule has 104 valence electrons. The van der Waals surface area contributed by atoms with E-state index in [2.05, 4.69) is 31.6 Å². The highest BCUT2D eigenvalue weighted by atomic mass is 79.9. The maximum Gasteiger partial charge on any atom is 0.191 e. The Morgan fingerprint density at radius 2 is 2.05 bits per heavy atom. The van der Waals surface area contributed by atoms with E-state index < -0.39 is 0 Å². The normalized spacial score (nSPS) is 15.2. The number of benzene rings is 1. The Kier molecular flexibility index (Phi) is 5.51. The van der Waals surface area contributed by atoms with Crippen molar-refractivity contribution in [2.75, 3.05) is 26.7 Å². The third kappa shape index (κ3) is 5.51. The van der Waals surface area contributed by atoms with Gasteiger partial charge in [-0.25, -0.2) is 0 Å². The van der Waals surface area contributed by atoms with Crippen molar-refractivity contribution in [2.24, 2.45) is 10.9 Å². The number of hydrogen-bond donors (Lipinski definition) is 2. The Morgan fingerprint density at radius 1 is 1.32 bits per heavy atom. The van der Waals surface area contributed by atoms with E-state index in [1.54, 1.807) is 7.05 Å². The molecule has 0 saturated heterocycles. The molecular formula is C14H20BrN3O. The molecule has 1 fully saturated rings. The Balaban J connectivity index is 1.60. The van der Waals surface area contributed by atoms with Crippen molar-refractivity contribution in [3.05, 3.63) is 28.7 Å². The van der Waals surface area contributed by atoms with Gasteiger partial charge in [-0.1, -0.05) is 15.9 Å². The second-order valence-corrected chi connectivity index (χ2v) is 5.54. The molecule has 1 aliphatic rings. The maximum atomic E-state index is 5.63. The minimum Gasteiger partial charge on any atom is -0.492 e. The fraction of sp³-hybridized carbons (Fsp3) is 0.500. The minimum absolute atomic E-state index is 0.617. The standard InChI is InChI=1S/C14H20BrN3O/c1-16-14(18-10-11-2-3-11)17-8-9-19-13-6-4-12(15)5-7-13/h4-7,11H,2-3,8-10H2,1H3,(H2,16,17,18). The van der Waals surface area contributed by atoms with E-state index in [9.17, 15) is 0 Å². The van der Waals surface area contributed by atoms with Gasteiger partial charge in [-0.15, -0.1) is 0 Å². The van der Waals surface area contributed by atoms with Crippen molar-refractivity contribution in [2.45, 2.75) is 12.8 Å². The number of guanidine groups is 1. The van der Waals surface area contributed by atoms with E-state index in [4.69, 9.17) is 4.74 Å². The molecule has 4 nitrogen and oxygen atoms in total. The zero-order chi connectivity index (χ0) is 13.5. The second kappa shape index (κ2) is 7.38. The lowest BCUT2D eigenvalue weighted by Gasteiger charge is -2.12. The van der Waals surface area contributed by atoms with Crippen LogP contribution < -0.4 is 15.4 Å². The van der Waals surface area contributed by atoms with Gasteiger partial charge in [0.15, 0.2) is 5.96 Å². The summed E-state index contributed by atoms with van der Waals surface area (Å²) in [5, 5.41) is 6.55. The topological polar surface area (TPSA) is 45.7 Å². The largest absolute Gasteiger partial charge is 0.492 e. The molecule has 2 rings (SSSR count). The zero-order valence-electron chi connectivity index (χ0n) is 11.2. The van der Waals surface area contributed by atoms with Gasteiger partial charge in [0.2, 0.25) is 0 Å². The van der Waals surface area contributed by atoms with Crippen LogP contribution in [0.25, 0.3) is 0 Å². The van der Waals surface area contributed by atoms with Crippen LogP contribution in [0.1, 0.15) is 12.8 Å². The molecule has 0 bridgehead atoms. The molecule has 0 amide bonds. The van der Waals surface area contributed by atoms with Crippen LogP contribution in [-0.2, 0) is 0 Å². The highest BCUT2D eigenvalue weighted by Crippen LogP contribution is 2.27. The molecule has 0 atom stereocenters. The van der Waals surface area contributed by atoms with Crippen molar-refractivity contribution >= 4 is 21.9 Å². The summed E-state index contributed by atoms with van der Waals surface area (Å²) in [6.07, 6.45) is 2.69. The van der Waals surface area contributed by atoms with E-state index in [-0.39, 0.29) is 0 Å². The van der Waals surface area contributed by atoms with Crippen molar-refractivity contribution in [1.29, 1.82) is 0 Å². The molecule has 0 radical (unpaired) electrons. The molecule has 0 unspecified atom stereocenters. The zero-order valence-corrected chi connectivity index (χ0v) is 12.7. The molecule has 1 aliphatic carbocycles. The predicted molar refractivity (Wildman–Crippen MR) is 81.7 cm³/mol. The number of rotatable bonds is 6. The summed E-state index contributed by atoms with van der Waals surface area (Å²) in [6.45, 7) is 2.37. The maximum absolute atomic E-state index is 5.63. The highest BCUT2D eigenvalue weighted by Gasteiger charge is 2.20. The van der Waals surface area contributed by atoms with Gasteiger partial charge in [-0.05, 0) is 43.0 Å². The molecular weight excluding hydrogens is 306 g/mol. The van der Waals surface area contributed by atoms with E-state index >= 15 is 0 Å². The van der Waals surface area contributed by atoms with Crippen LogP contribution in [0.3, 0.4) is 0 Å². The highest BCUT2D eigenvalue weighted by molar-refractivity contribution is 9.10. The molecule has 5 heteroatoms. The van der Waals surface area contributed by atoms with Crippen LogP contribution in [-0.4, -0.2) is 32.7 Å². The average molecular weight is 326 g/mol. The smallest absolute Gasteiger partial charge is 0.191 e. The van der Waals surface area contributed by atoms with Crippen LogP contribution in [0.2, 0.25) is 0 Å². The number of aliphatic imine (C=N–C) groups is 1. The number of nitrogens with zero attached hydrogens (tertiary/aromatic N) is 1. The predicted octanol–water partition coefficient (Wildman–Crippen LogP) is 2.40. The number of nitrogens with one attached hydrogen (secondary N) is 2.